The lowest BCUT2D eigenvalue weighted by atomic mass is 10.00. The molecule has 1 saturated heterocycles. The van der Waals surface area contributed by atoms with Crippen LogP contribution in [0.15, 0.2) is 24.3 Å². The van der Waals surface area contributed by atoms with Gasteiger partial charge in [-0.3, -0.25) is 25.3 Å². The van der Waals surface area contributed by atoms with Gasteiger partial charge in [0.2, 0.25) is 0 Å². The summed E-state index contributed by atoms with van der Waals surface area (Å²) >= 11 is 1.53. The lowest BCUT2D eigenvalue weighted by Gasteiger charge is -2.17. The van der Waals surface area contributed by atoms with Gasteiger partial charge in [-0.2, -0.15) is 0 Å². The van der Waals surface area contributed by atoms with E-state index in [9.17, 15) is 14.4 Å². The molecule has 1 aliphatic carbocycles. The number of carbonyl (C=O) groups is 3. The summed E-state index contributed by atoms with van der Waals surface area (Å²) in [6.45, 7) is 3.07. The van der Waals surface area contributed by atoms with Crippen molar-refractivity contribution in [3.05, 3.63) is 50.7 Å². The number of urea groups is 1. The summed E-state index contributed by atoms with van der Waals surface area (Å²) in [4.78, 5) is 40.5. The first-order valence-electron chi connectivity index (χ1n) is 10.4. The first-order valence-corrected chi connectivity index (χ1v) is 11.2. The Bertz CT molecular complexity index is 959. The zero-order valence-electron chi connectivity index (χ0n) is 17.0. The summed E-state index contributed by atoms with van der Waals surface area (Å²) in [5, 5.41) is 2.77. The van der Waals surface area contributed by atoms with Crippen LogP contribution in [-0.2, 0) is 12.8 Å². The summed E-state index contributed by atoms with van der Waals surface area (Å²) in [7, 11) is 0. The predicted octanol–water partition coefficient (Wildman–Crippen LogP) is 3.32. The van der Waals surface area contributed by atoms with Crippen molar-refractivity contribution in [3.8, 4) is 0 Å². The summed E-state index contributed by atoms with van der Waals surface area (Å²) in [5.41, 5.74) is 8.33. The molecule has 30 heavy (non-hydrogen) atoms. The fraction of sp³-hybridized carbons (Fsp3) is 0.409. The van der Waals surface area contributed by atoms with Gasteiger partial charge in [0.05, 0.1) is 4.88 Å². The van der Waals surface area contributed by atoms with Crippen LogP contribution in [0.5, 0.6) is 0 Å². The van der Waals surface area contributed by atoms with E-state index in [1.54, 1.807) is 23.1 Å². The second-order valence-electron chi connectivity index (χ2n) is 7.77. The number of hydrogen-bond donors (Lipinski definition) is 3. The van der Waals surface area contributed by atoms with Crippen molar-refractivity contribution in [1.29, 1.82) is 0 Å². The number of fused-ring (bicyclic) bond motifs is 1. The molecule has 2 heterocycles. The van der Waals surface area contributed by atoms with Crippen molar-refractivity contribution in [2.45, 2.75) is 45.4 Å². The van der Waals surface area contributed by atoms with E-state index in [2.05, 4.69) is 16.2 Å². The summed E-state index contributed by atoms with van der Waals surface area (Å²) in [5.74, 6) is -0.680. The molecular weight excluding hydrogens is 400 g/mol. The minimum absolute atomic E-state index is 0.132. The number of hydrogen-bond acceptors (Lipinski definition) is 4. The molecule has 0 radical (unpaired) electrons. The lowest BCUT2D eigenvalue weighted by Crippen LogP contribution is -2.41. The Morgan fingerprint density at radius 3 is 2.53 bits per heavy atom. The van der Waals surface area contributed by atoms with Gasteiger partial charge < -0.3 is 5.32 Å². The van der Waals surface area contributed by atoms with Gasteiger partial charge in [-0.15, -0.1) is 11.3 Å². The van der Waals surface area contributed by atoms with Crippen molar-refractivity contribution in [2.75, 3.05) is 18.0 Å². The monoisotopic (exact) mass is 426 g/mol. The van der Waals surface area contributed by atoms with E-state index in [0.29, 0.717) is 23.5 Å². The number of benzene rings is 1. The zero-order valence-corrected chi connectivity index (χ0v) is 17.9. The van der Waals surface area contributed by atoms with Gasteiger partial charge in [0.1, 0.15) is 0 Å². The third-order valence-corrected chi connectivity index (χ3v) is 6.85. The highest BCUT2D eigenvalue weighted by Crippen LogP contribution is 2.28. The molecule has 7 nitrogen and oxygen atoms in total. The number of hydrazine groups is 1. The fourth-order valence-corrected chi connectivity index (χ4v) is 5.15. The first-order chi connectivity index (χ1) is 14.5. The van der Waals surface area contributed by atoms with Crippen LogP contribution >= 0.6 is 11.3 Å². The van der Waals surface area contributed by atoms with Crippen molar-refractivity contribution < 1.29 is 14.4 Å². The molecular formula is C22H26N4O3S. The standard InChI is InChI=1S/C22H26N4O3S/c1-14-12-16(8-9-17(14)26-11-10-23-22(26)29)20(27)24-25-21(28)19-13-15-6-4-2-3-5-7-18(15)30-19/h8-9,12-13H,2-7,10-11H2,1H3,(H,23,29)(H,24,27)(H,25,28). The average molecular weight is 427 g/mol. The van der Waals surface area contributed by atoms with Gasteiger partial charge in [0.15, 0.2) is 0 Å². The minimum Gasteiger partial charge on any atom is -0.336 e. The second-order valence-corrected chi connectivity index (χ2v) is 8.90. The summed E-state index contributed by atoms with van der Waals surface area (Å²) in [6.07, 6.45) is 6.87. The van der Waals surface area contributed by atoms with Crippen molar-refractivity contribution in [1.82, 2.24) is 16.2 Å². The van der Waals surface area contributed by atoms with E-state index >= 15 is 0 Å². The maximum atomic E-state index is 12.5. The van der Waals surface area contributed by atoms with Crippen molar-refractivity contribution in [2.24, 2.45) is 0 Å². The van der Waals surface area contributed by atoms with Crippen molar-refractivity contribution >= 4 is 34.9 Å². The van der Waals surface area contributed by atoms with Crippen LogP contribution in [-0.4, -0.2) is 30.9 Å². The Morgan fingerprint density at radius 2 is 1.80 bits per heavy atom. The molecule has 2 aromatic rings. The molecule has 0 bridgehead atoms. The van der Waals surface area contributed by atoms with Gasteiger partial charge in [0.25, 0.3) is 11.8 Å². The Morgan fingerprint density at radius 1 is 1.03 bits per heavy atom. The Hall–Kier alpha value is -2.87. The Labute approximate surface area is 179 Å². The molecule has 1 fully saturated rings. The van der Waals surface area contributed by atoms with Gasteiger partial charge in [0, 0.05) is 29.2 Å². The maximum absolute atomic E-state index is 12.5. The highest BCUT2D eigenvalue weighted by molar-refractivity contribution is 7.14. The van der Waals surface area contributed by atoms with Crippen LogP contribution in [0.2, 0.25) is 0 Å². The molecule has 3 N–H and O–H groups in total. The topological polar surface area (TPSA) is 90.5 Å². The van der Waals surface area contributed by atoms with Crippen molar-refractivity contribution in [3.63, 3.8) is 0 Å². The molecule has 4 rings (SSSR count). The minimum atomic E-state index is -0.390. The van der Waals surface area contributed by atoms with Crippen LogP contribution < -0.4 is 21.1 Å². The Kier molecular flexibility index (Phi) is 6.03. The van der Waals surface area contributed by atoms with Crippen LogP contribution in [0, 0.1) is 6.92 Å². The predicted molar refractivity (Wildman–Crippen MR) is 117 cm³/mol. The molecule has 2 aliphatic rings. The lowest BCUT2D eigenvalue weighted by molar-refractivity contribution is 0.0849. The number of nitrogens with zero attached hydrogens (tertiary/aromatic N) is 1. The molecule has 1 aliphatic heterocycles. The Balaban J connectivity index is 1.38. The van der Waals surface area contributed by atoms with Gasteiger partial charge >= 0.3 is 6.03 Å². The summed E-state index contributed by atoms with van der Waals surface area (Å²) in [6, 6.07) is 6.97. The van der Waals surface area contributed by atoms with E-state index < -0.39 is 5.91 Å². The maximum Gasteiger partial charge on any atom is 0.322 e. The number of rotatable bonds is 3. The molecule has 1 aromatic carbocycles. The smallest absolute Gasteiger partial charge is 0.322 e. The SMILES string of the molecule is Cc1cc(C(=O)NNC(=O)c2cc3c(s2)CCCCCC3)ccc1N1CCNC1=O. The van der Waals surface area contributed by atoms with Crippen LogP contribution in [0.25, 0.3) is 0 Å². The highest BCUT2D eigenvalue weighted by Gasteiger charge is 2.23. The number of carbonyl (C=O) groups excluding carboxylic acids is 3. The quantitative estimate of drug-likeness (QED) is 0.658. The van der Waals surface area contributed by atoms with Gasteiger partial charge in [-0.1, -0.05) is 12.8 Å². The van der Waals surface area contributed by atoms with Crippen LogP contribution in [0.3, 0.4) is 0 Å². The van der Waals surface area contributed by atoms with E-state index in [4.69, 9.17) is 0 Å². The van der Waals surface area contributed by atoms with E-state index in [1.807, 2.05) is 13.0 Å². The highest BCUT2D eigenvalue weighted by atomic mass is 32.1. The molecule has 0 saturated carbocycles. The van der Waals surface area contributed by atoms with E-state index in [-0.39, 0.29) is 11.9 Å². The van der Waals surface area contributed by atoms with Crippen LogP contribution in [0.1, 0.15) is 61.7 Å². The normalized spacial score (nSPS) is 16.3. The fourth-order valence-electron chi connectivity index (χ4n) is 4.00. The summed E-state index contributed by atoms with van der Waals surface area (Å²) < 4.78 is 0. The largest absolute Gasteiger partial charge is 0.336 e. The number of nitrogens with one attached hydrogen (secondary N) is 3. The molecule has 0 spiro atoms. The number of anilines is 1. The van der Waals surface area contributed by atoms with E-state index in [1.165, 1.54) is 41.0 Å². The number of amides is 4. The third kappa shape index (κ3) is 4.33. The zero-order chi connectivity index (χ0) is 21.1. The third-order valence-electron chi connectivity index (χ3n) is 5.62. The molecule has 0 atom stereocenters. The molecule has 1 aromatic heterocycles. The van der Waals surface area contributed by atoms with Crippen LogP contribution in [0.4, 0.5) is 10.5 Å². The molecule has 158 valence electrons. The van der Waals surface area contributed by atoms with Gasteiger partial charge in [-0.25, -0.2) is 4.79 Å². The number of thiophene rings is 1. The molecule has 4 amide bonds. The van der Waals surface area contributed by atoms with E-state index in [0.717, 1.165) is 30.5 Å². The first kappa shape index (κ1) is 20.4. The number of aryl methyl sites for hydroxylation is 3. The molecule has 0 unspecified atom stereocenters. The average Bonchev–Trinajstić information content (AvgIpc) is 3.31. The van der Waals surface area contributed by atoms with Gasteiger partial charge in [-0.05, 0) is 68.0 Å². The second kappa shape index (κ2) is 8.87. The molecule has 8 heteroatoms.